The zero-order valence-electron chi connectivity index (χ0n) is 13.7. The normalized spacial score (nSPS) is 12.2. The molecule has 1 atom stereocenters. The average Bonchev–Trinajstić information content (AvgIpc) is 3.28. The molecule has 124 valence electrons. The van der Waals surface area contributed by atoms with Gasteiger partial charge in [-0.1, -0.05) is 30.3 Å². The van der Waals surface area contributed by atoms with Crippen LogP contribution in [0.2, 0.25) is 0 Å². The molecule has 0 fully saturated rings. The monoisotopic (exact) mass is 331 g/mol. The minimum atomic E-state index is -0.328. The molecule has 2 aromatic carbocycles. The van der Waals surface area contributed by atoms with Gasteiger partial charge >= 0.3 is 0 Å². The average molecular weight is 331 g/mol. The molecule has 1 unspecified atom stereocenters. The largest absolute Gasteiger partial charge is 0.345 e. The Hall–Kier alpha value is -3.41. The first kappa shape index (κ1) is 15.1. The third-order valence-electron chi connectivity index (χ3n) is 4.21. The Bertz CT molecular complexity index is 1020. The predicted molar refractivity (Wildman–Crippen MR) is 95.1 cm³/mol. The summed E-state index contributed by atoms with van der Waals surface area (Å²) in [6, 6.07) is 14.9. The van der Waals surface area contributed by atoms with Gasteiger partial charge in [-0.2, -0.15) is 0 Å². The highest BCUT2D eigenvalue weighted by atomic mass is 16.1. The smallest absolute Gasteiger partial charge is 0.252 e. The summed E-state index contributed by atoms with van der Waals surface area (Å²) < 4.78 is 1.91. The summed E-state index contributed by atoms with van der Waals surface area (Å²) in [4.78, 5) is 24.4. The Morgan fingerprint density at radius 2 is 2.00 bits per heavy atom. The number of hydrogen-bond donors (Lipinski definition) is 2. The molecule has 4 rings (SSSR count). The van der Waals surface area contributed by atoms with Gasteiger partial charge in [-0.05, 0) is 23.8 Å². The number of nitrogens with one attached hydrogen (secondary N) is 2. The van der Waals surface area contributed by atoms with E-state index in [0.29, 0.717) is 5.56 Å². The number of aromatic nitrogens is 4. The van der Waals surface area contributed by atoms with Gasteiger partial charge in [-0.3, -0.25) is 4.79 Å². The number of aryl methyl sites for hydroxylation is 1. The van der Waals surface area contributed by atoms with Crippen LogP contribution in [-0.2, 0) is 7.05 Å². The van der Waals surface area contributed by atoms with Crippen LogP contribution in [0, 0.1) is 0 Å². The molecule has 25 heavy (non-hydrogen) atoms. The number of carbonyl (C=O) groups excluding carboxylic acids is 1. The number of hydrogen-bond acceptors (Lipinski definition) is 3. The zero-order chi connectivity index (χ0) is 17.2. The molecular weight excluding hydrogens is 314 g/mol. The van der Waals surface area contributed by atoms with Crippen molar-refractivity contribution in [2.45, 2.75) is 6.04 Å². The van der Waals surface area contributed by atoms with Crippen LogP contribution in [0.5, 0.6) is 0 Å². The number of nitrogens with zero attached hydrogens (tertiary/aromatic N) is 3. The molecular formula is C19H17N5O. The van der Waals surface area contributed by atoms with Gasteiger partial charge in [0, 0.05) is 25.0 Å². The van der Waals surface area contributed by atoms with Crippen LogP contribution in [0.25, 0.3) is 11.0 Å². The van der Waals surface area contributed by atoms with Crippen LogP contribution in [-0.4, -0.2) is 25.4 Å². The quantitative estimate of drug-likeness (QED) is 0.604. The first-order valence-corrected chi connectivity index (χ1v) is 7.98. The summed E-state index contributed by atoms with van der Waals surface area (Å²) >= 11 is 0. The minimum Gasteiger partial charge on any atom is -0.345 e. The molecule has 0 bridgehead atoms. The number of amides is 1. The van der Waals surface area contributed by atoms with E-state index in [1.807, 2.05) is 54.2 Å². The molecule has 2 heterocycles. The lowest BCUT2D eigenvalue weighted by molar-refractivity contribution is 0.0941. The number of aromatic amines is 1. The van der Waals surface area contributed by atoms with E-state index in [1.165, 1.54) is 0 Å². The van der Waals surface area contributed by atoms with Crippen molar-refractivity contribution in [1.29, 1.82) is 0 Å². The van der Waals surface area contributed by atoms with Crippen molar-refractivity contribution in [2.75, 3.05) is 0 Å². The van der Waals surface area contributed by atoms with Crippen LogP contribution in [0.3, 0.4) is 0 Å². The summed E-state index contributed by atoms with van der Waals surface area (Å²) in [5.41, 5.74) is 3.22. The fourth-order valence-electron chi connectivity index (χ4n) is 2.89. The molecule has 4 aromatic rings. The maximum atomic E-state index is 12.8. The second-order valence-electron chi connectivity index (χ2n) is 5.85. The SMILES string of the molecule is Cn1ccnc1C(NC(=O)c1ccc2nc[nH]c2c1)c1ccccc1. The predicted octanol–water partition coefficient (Wildman–Crippen LogP) is 2.82. The Balaban J connectivity index is 1.68. The van der Waals surface area contributed by atoms with E-state index in [9.17, 15) is 4.79 Å². The van der Waals surface area contributed by atoms with Crippen LogP contribution in [0.4, 0.5) is 0 Å². The number of carbonyl (C=O) groups is 1. The van der Waals surface area contributed by atoms with E-state index in [-0.39, 0.29) is 11.9 Å². The van der Waals surface area contributed by atoms with Crippen LogP contribution in [0.1, 0.15) is 27.8 Å². The Kier molecular flexibility index (Phi) is 3.78. The molecule has 2 N–H and O–H groups in total. The van der Waals surface area contributed by atoms with E-state index < -0.39 is 0 Å². The summed E-state index contributed by atoms with van der Waals surface area (Å²) in [6.07, 6.45) is 5.22. The molecule has 0 radical (unpaired) electrons. The van der Waals surface area contributed by atoms with Gasteiger partial charge in [0.25, 0.3) is 5.91 Å². The Morgan fingerprint density at radius 1 is 1.16 bits per heavy atom. The van der Waals surface area contributed by atoms with Crippen molar-refractivity contribution in [3.05, 3.63) is 84.2 Å². The van der Waals surface area contributed by atoms with Gasteiger partial charge < -0.3 is 14.9 Å². The van der Waals surface area contributed by atoms with Gasteiger partial charge in [-0.15, -0.1) is 0 Å². The van der Waals surface area contributed by atoms with Crippen LogP contribution >= 0.6 is 0 Å². The van der Waals surface area contributed by atoms with Gasteiger partial charge in [0.2, 0.25) is 0 Å². The highest BCUT2D eigenvalue weighted by molar-refractivity contribution is 5.97. The molecule has 0 spiro atoms. The summed E-state index contributed by atoms with van der Waals surface area (Å²) in [6.45, 7) is 0. The summed E-state index contributed by atoms with van der Waals surface area (Å²) in [5, 5.41) is 3.09. The van der Waals surface area contributed by atoms with E-state index >= 15 is 0 Å². The van der Waals surface area contributed by atoms with Crippen molar-refractivity contribution in [3.8, 4) is 0 Å². The lowest BCUT2D eigenvalue weighted by Gasteiger charge is -2.19. The van der Waals surface area contributed by atoms with E-state index in [4.69, 9.17) is 0 Å². The highest BCUT2D eigenvalue weighted by Gasteiger charge is 2.21. The molecule has 0 saturated carbocycles. The maximum Gasteiger partial charge on any atom is 0.252 e. The van der Waals surface area contributed by atoms with Crippen molar-refractivity contribution < 1.29 is 4.79 Å². The van der Waals surface area contributed by atoms with E-state index in [0.717, 1.165) is 22.4 Å². The molecule has 0 saturated heterocycles. The molecule has 2 aromatic heterocycles. The number of H-pyrrole nitrogens is 1. The minimum absolute atomic E-state index is 0.159. The lowest BCUT2D eigenvalue weighted by atomic mass is 10.1. The molecule has 0 aliphatic rings. The number of fused-ring (bicyclic) bond motifs is 1. The fourth-order valence-corrected chi connectivity index (χ4v) is 2.89. The number of rotatable bonds is 4. The fraction of sp³-hybridized carbons (Fsp3) is 0.105. The van der Waals surface area contributed by atoms with Gasteiger partial charge in [-0.25, -0.2) is 9.97 Å². The van der Waals surface area contributed by atoms with Crippen molar-refractivity contribution in [3.63, 3.8) is 0 Å². The first-order chi connectivity index (χ1) is 12.2. The van der Waals surface area contributed by atoms with Crippen LogP contribution in [0.15, 0.2) is 67.3 Å². The summed E-state index contributed by atoms with van der Waals surface area (Å²) in [7, 11) is 1.92. The third-order valence-corrected chi connectivity index (χ3v) is 4.21. The second-order valence-corrected chi connectivity index (χ2v) is 5.85. The highest BCUT2D eigenvalue weighted by Crippen LogP contribution is 2.21. The first-order valence-electron chi connectivity index (χ1n) is 7.98. The van der Waals surface area contributed by atoms with Gasteiger partial charge in [0.05, 0.1) is 17.4 Å². The Labute approximate surface area is 144 Å². The molecule has 1 amide bonds. The number of benzene rings is 2. The third kappa shape index (κ3) is 2.89. The van der Waals surface area contributed by atoms with Crippen molar-refractivity contribution >= 4 is 16.9 Å². The van der Waals surface area contributed by atoms with Crippen molar-refractivity contribution in [2.24, 2.45) is 7.05 Å². The van der Waals surface area contributed by atoms with Gasteiger partial charge in [0.1, 0.15) is 11.9 Å². The second kappa shape index (κ2) is 6.24. The van der Waals surface area contributed by atoms with Gasteiger partial charge in [0.15, 0.2) is 0 Å². The molecule has 6 heteroatoms. The standard InChI is InChI=1S/C19H17N5O/c1-24-10-9-20-18(24)17(13-5-3-2-4-6-13)23-19(25)14-7-8-15-16(11-14)22-12-21-15/h2-12,17H,1H3,(H,21,22)(H,23,25). The lowest BCUT2D eigenvalue weighted by Crippen LogP contribution is -2.31. The maximum absolute atomic E-state index is 12.8. The molecule has 6 nitrogen and oxygen atoms in total. The number of imidazole rings is 2. The molecule has 0 aliphatic heterocycles. The summed E-state index contributed by atoms with van der Waals surface area (Å²) in [5.74, 6) is 0.621. The zero-order valence-corrected chi connectivity index (χ0v) is 13.7. The van der Waals surface area contributed by atoms with E-state index in [1.54, 1.807) is 24.7 Å². The van der Waals surface area contributed by atoms with Crippen molar-refractivity contribution in [1.82, 2.24) is 24.8 Å². The van der Waals surface area contributed by atoms with Crippen LogP contribution < -0.4 is 5.32 Å². The molecule has 0 aliphatic carbocycles. The topological polar surface area (TPSA) is 75.6 Å². The van der Waals surface area contributed by atoms with E-state index in [2.05, 4.69) is 20.3 Å². The Morgan fingerprint density at radius 3 is 2.76 bits per heavy atom.